The number of rotatable bonds is 6. The van der Waals surface area contributed by atoms with Gasteiger partial charge in [-0.1, -0.05) is 20.8 Å². The summed E-state index contributed by atoms with van der Waals surface area (Å²) in [6, 6.07) is 0. The highest BCUT2D eigenvalue weighted by molar-refractivity contribution is 5.67. The van der Waals surface area contributed by atoms with Crippen LogP contribution in [0.1, 0.15) is 40.0 Å². The van der Waals surface area contributed by atoms with E-state index in [1.165, 1.54) is 4.90 Å². The average molecular weight is 289 g/mol. The SMILES string of the molecule is C#CC(CC)(CC)[NH+]1CC(OC(=O)NCCC)C1.[Cl-]. The lowest BCUT2D eigenvalue weighted by Gasteiger charge is -2.44. The van der Waals surface area contributed by atoms with Crippen LogP contribution in [-0.2, 0) is 4.74 Å². The van der Waals surface area contributed by atoms with E-state index in [2.05, 4.69) is 25.1 Å². The molecule has 0 aromatic heterocycles. The van der Waals surface area contributed by atoms with E-state index in [0.717, 1.165) is 32.4 Å². The maximum absolute atomic E-state index is 11.4. The number of carbonyl (C=O) groups is 1. The molecular weight excluding hydrogens is 264 g/mol. The second-order valence-electron chi connectivity index (χ2n) is 4.90. The number of hydrogen-bond donors (Lipinski definition) is 2. The van der Waals surface area contributed by atoms with E-state index in [0.29, 0.717) is 6.54 Å². The van der Waals surface area contributed by atoms with E-state index in [1.807, 2.05) is 6.92 Å². The summed E-state index contributed by atoms with van der Waals surface area (Å²) in [7, 11) is 0. The van der Waals surface area contributed by atoms with E-state index in [4.69, 9.17) is 11.2 Å². The summed E-state index contributed by atoms with van der Waals surface area (Å²) < 4.78 is 5.31. The number of terminal acetylenes is 1. The van der Waals surface area contributed by atoms with Gasteiger partial charge in [0, 0.05) is 19.4 Å². The standard InChI is InChI=1S/C14H24N2O2.ClH/c1-5-9-15-13(17)18-12-10-16(11-12)14(6-2,7-3)8-4;/h2,12H,5,7-11H2,1,3-4H3,(H,15,17);1H. The van der Waals surface area contributed by atoms with Crippen molar-refractivity contribution in [1.29, 1.82) is 0 Å². The summed E-state index contributed by atoms with van der Waals surface area (Å²) in [6.07, 6.45) is 8.22. The fourth-order valence-corrected chi connectivity index (χ4v) is 2.44. The highest BCUT2D eigenvalue weighted by Gasteiger charge is 2.46. The Kier molecular flexibility index (Phi) is 7.89. The molecule has 0 saturated carbocycles. The lowest BCUT2D eigenvalue weighted by molar-refractivity contribution is -0.988. The Hall–Kier alpha value is -0.920. The number of ether oxygens (including phenoxy) is 1. The molecular formula is C14H25ClN2O2. The van der Waals surface area contributed by atoms with Crippen LogP contribution in [0.15, 0.2) is 0 Å². The fourth-order valence-electron chi connectivity index (χ4n) is 2.44. The highest BCUT2D eigenvalue weighted by Crippen LogP contribution is 2.12. The molecule has 0 atom stereocenters. The Morgan fingerprint density at radius 3 is 2.42 bits per heavy atom. The molecule has 1 heterocycles. The summed E-state index contributed by atoms with van der Waals surface area (Å²) in [6.45, 7) is 8.58. The number of nitrogens with one attached hydrogen (secondary N) is 2. The van der Waals surface area contributed by atoms with Crippen molar-refractivity contribution in [2.24, 2.45) is 0 Å². The van der Waals surface area contributed by atoms with Crippen molar-refractivity contribution in [2.75, 3.05) is 19.6 Å². The van der Waals surface area contributed by atoms with Gasteiger partial charge < -0.3 is 27.4 Å². The Morgan fingerprint density at radius 2 is 2.00 bits per heavy atom. The molecule has 4 nitrogen and oxygen atoms in total. The van der Waals surface area contributed by atoms with Gasteiger partial charge in [-0.25, -0.2) is 4.79 Å². The van der Waals surface area contributed by atoms with Crippen LogP contribution in [-0.4, -0.2) is 37.4 Å². The lowest BCUT2D eigenvalue weighted by atomic mass is 9.88. The second-order valence-corrected chi connectivity index (χ2v) is 4.90. The number of halogens is 1. The van der Waals surface area contributed by atoms with Gasteiger partial charge in [0.25, 0.3) is 0 Å². The third kappa shape index (κ3) is 4.29. The number of likely N-dealkylation sites (tertiary alicyclic amines) is 1. The van der Waals surface area contributed by atoms with Gasteiger partial charge in [0.05, 0.1) is 0 Å². The summed E-state index contributed by atoms with van der Waals surface area (Å²) in [5.41, 5.74) is -0.0836. The summed E-state index contributed by atoms with van der Waals surface area (Å²) in [5, 5.41) is 2.72. The number of amides is 1. The molecule has 1 amide bonds. The van der Waals surface area contributed by atoms with Crippen LogP contribution in [0.25, 0.3) is 0 Å². The Morgan fingerprint density at radius 1 is 1.42 bits per heavy atom. The molecule has 1 fully saturated rings. The molecule has 1 aliphatic rings. The summed E-state index contributed by atoms with van der Waals surface area (Å²) in [4.78, 5) is 12.8. The number of hydrogen-bond acceptors (Lipinski definition) is 2. The average Bonchev–Trinajstić information content (AvgIpc) is 2.35. The Balaban J connectivity index is 0.00000324. The van der Waals surface area contributed by atoms with Gasteiger partial charge in [-0.05, 0) is 12.3 Å². The van der Waals surface area contributed by atoms with Crippen LogP contribution in [0.3, 0.4) is 0 Å². The first-order chi connectivity index (χ1) is 8.61. The van der Waals surface area contributed by atoms with Crippen LogP contribution in [0.4, 0.5) is 4.79 Å². The van der Waals surface area contributed by atoms with Crippen molar-refractivity contribution >= 4 is 6.09 Å². The zero-order chi connectivity index (χ0) is 13.6. The fraction of sp³-hybridized carbons (Fsp3) is 0.786. The first-order valence-electron chi connectivity index (χ1n) is 6.89. The second kappa shape index (κ2) is 8.29. The lowest BCUT2D eigenvalue weighted by Crippen LogP contribution is -3.28. The smallest absolute Gasteiger partial charge is 0.407 e. The van der Waals surface area contributed by atoms with Crippen molar-refractivity contribution in [2.45, 2.75) is 51.7 Å². The minimum atomic E-state index is -0.305. The normalized spacial score (nSPS) is 21.6. The predicted octanol–water partition coefficient (Wildman–Crippen LogP) is -2.41. The van der Waals surface area contributed by atoms with Gasteiger partial charge in [-0.2, -0.15) is 0 Å². The van der Waals surface area contributed by atoms with Crippen LogP contribution in [0.2, 0.25) is 0 Å². The molecule has 0 bridgehead atoms. The molecule has 0 aromatic rings. The maximum atomic E-state index is 11.4. The molecule has 0 aliphatic carbocycles. The van der Waals surface area contributed by atoms with Gasteiger partial charge in [0.2, 0.25) is 6.10 Å². The van der Waals surface area contributed by atoms with E-state index < -0.39 is 0 Å². The molecule has 0 aromatic carbocycles. The first-order valence-corrected chi connectivity index (χ1v) is 6.89. The largest absolute Gasteiger partial charge is 1.00 e. The topological polar surface area (TPSA) is 42.8 Å². The van der Waals surface area contributed by atoms with Crippen LogP contribution < -0.4 is 22.6 Å². The van der Waals surface area contributed by atoms with E-state index >= 15 is 0 Å². The molecule has 110 valence electrons. The molecule has 2 N–H and O–H groups in total. The molecule has 0 spiro atoms. The molecule has 19 heavy (non-hydrogen) atoms. The van der Waals surface area contributed by atoms with Crippen molar-refractivity contribution in [3.63, 3.8) is 0 Å². The molecule has 5 heteroatoms. The van der Waals surface area contributed by atoms with Gasteiger partial charge in [-0.15, -0.1) is 6.42 Å². The van der Waals surface area contributed by atoms with E-state index in [1.54, 1.807) is 0 Å². The third-order valence-electron chi connectivity index (χ3n) is 3.90. The Bertz CT molecular complexity index is 318. The van der Waals surface area contributed by atoms with Gasteiger partial charge in [0.15, 0.2) is 5.54 Å². The molecule has 0 radical (unpaired) electrons. The maximum Gasteiger partial charge on any atom is 0.407 e. The van der Waals surface area contributed by atoms with Gasteiger partial charge in [0.1, 0.15) is 13.1 Å². The van der Waals surface area contributed by atoms with Crippen molar-refractivity contribution < 1.29 is 26.8 Å². The van der Waals surface area contributed by atoms with Crippen LogP contribution in [0, 0.1) is 12.3 Å². The van der Waals surface area contributed by atoms with E-state index in [-0.39, 0.29) is 30.1 Å². The highest BCUT2D eigenvalue weighted by atomic mass is 35.5. The van der Waals surface area contributed by atoms with E-state index in [9.17, 15) is 4.79 Å². The third-order valence-corrected chi connectivity index (χ3v) is 3.90. The minimum Gasteiger partial charge on any atom is -1.00 e. The van der Waals surface area contributed by atoms with Crippen LogP contribution in [0.5, 0.6) is 0 Å². The van der Waals surface area contributed by atoms with Gasteiger partial charge in [-0.3, -0.25) is 0 Å². The zero-order valence-corrected chi connectivity index (χ0v) is 12.8. The van der Waals surface area contributed by atoms with Crippen LogP contribution >= 0.6 is 0 Å². The number of carbonyl (C=O) groups excluding carboxylic acids is 1. The first kappa shape index (κ1) is 18.1. The molecule has 0 unspecified atom stereocenters. The number of quaternary nitrogens is 1. The van der Waals surface area contributed by atoms with Gasteiger partial charge >= 0.3 is 6.09 Å². The zero-order valence-electron chi connectivity index (χ0n) is 12.1. The number of alkyl carbamates (subject to hydrolysis) is 1. The molecule has 1 aliphatic heterocycles. The monoisotopic (exact) mass is 288 g/mol. The van der Waals surface area contributed by atoms with Crippen molar-refractivity contribution in [1.82, 2.24) is 5.32 Å². The van der Waals surface area contributed by atoms with Crippen molar-refractivity contribution in [3.05, 3.63) is 0 Å². The van der Waals surface area contributed by atoms with Crippen molar-refractivity contribution in [3.8, 4) is 12.3 Å². The quantitative estimate of drug-likeness (QED) is 0.535. The molecule has 1 saturated heterocycles. The summed E-state index contributed by atoms with van der Waals surface area (Å²) in [5.74, 6) is 2.93. The Labute approximate surface area is 122 Å². The summed E-state index contributed by atoms with van der Waals surface area (Å²) >= 11 is 0. The predicted molar refractivity (Wildman–Crippen MR) is 71.4 cm³/mol. The minimum absolute atomic E-state index is 0. The molecule has 1 rings (SSSR count).